The Balaban J connectivity index is 2.26. The summed E-state index contributed by atoms with van der Waals surface area (Å²) in [5, 5.41) is 5.79. The molecule has 1 fully saturated rings. The summed E-state index contributed by atoms with van der Waals surface area (Å²) in [5.41, 5.74) is 1.07. The zero-order valence-electron chi connectivity index (χ0n) is 20.4. The summed E-state index contributed by atoms with van der Waals surface area (Å²) in [6.07, 6.45) is 4.67. The van der Waals surface area contributed by atoms with E-state index in [9.17, 15) is 14.4 Å². The van der Waals surface area contributed by atoms with E-state index in [1.165, 1.54) is 6.42 Å². The van der Waals surface area contributed by atoms with Crippen LogP contribution in [0.25, 0.3) is 0 Å². The second-order valence-electron chi connectivity index (χ2n) is 9.59. The number of carbonyl (C=O) groups is 3. The fourth-order valence-electron chi connectivity index (χ4n) is 4.13. The lowest BCUT2D eigenvalue weighted by Gasteiger charge is -2.35. The smallest absolute Gasteiger partial charge is 0.408 e. The number of likely N-dealkylation sites (N-methyl/N-ethyl adjacent to an activating group) is 1. The number of rotatable bonds is 7. The van der Waals surface area contributed by atoms with Gasteiger partial charge in [0.05, 0.1) is 0 Å². The summed E-state index contributed by atoms with van der Waals surface area (Å²) < 4.78 is 5.28. The highest BCUT2D eigenvalue weighted by molar-refractivity contribution is 5.92. The molecule has 0 saturated heterocycles. The van der Waals surface area contributed by atoms with Crippen LogP contribution in [0.4, 0.5) is 4.79 Å². The Morgan fingerprint density at radius 2 is 1.75 bits per heavy atom. The molecule has 1 aromatic rings. The number of amides is 3. The van der Waals surface area contributed by atoms with E-state index in [2.05, 4.69) is 10.6 Å². The number of ether oxygens (including phenoxy) is 1. The van der Waals surface area contributed by atoms with Crippen LogP contribution >= 0.6 is 0 Å². The van der Waals surface area contributed by atoms with Gasteiger partial charge in [-0.1, -0.05) is 43.5 Å². The van der Waals surface area contributed by atoms with E-state index in [1.807, 2.05) is 38.1 Å². The highest BCUT2D eigenvalue weighted by Gasteiger charge is 2.35. The second-order valence-corrected chi connectivity index (χ2v) is 9.59. The van der Waals surface area contributed by atoms with Gasteiger partial charge in [0.2, 0.25) is 11.8 Å². The maximum absolute atomic E-state index is 13.5. The second kappa shape index (κ2) is 11.3. The standard InChI is InChI=1S/C25H39N3O4/c1-7-28(23(30)18(3)26-24(31)32-25(4,5)6)21(20-16-12-11-13-17(20)2)22(29)27-19-14-9-8-10-15-19/h11-13,16,18-19,21H,7-10,14-15H2,1-6H3,(H,26,31)(H,27,29). The highest BCUT2D eigenvalue weighted by atomic mass is 16.6. The normalized spacial score (nSPS) is 16.6. The summed E-state index contributed by atoms with van der Waals surface area (Å²) in [6.45, 7) is 11.0. The maximum Gasteiger partial charge on any atom is 0.408 e. The molecule has 0 radical (unpaired) electrons. The molecule has 2 N–H and O–H groups in total. The van der Waals surface area contributed by atoms with Crippen molar-refractivity contribution in [2.45, 2.75) is 97.4 Å². The molecule has 1 aromatic carbocycles. The van der Waals surface area contributed by atoms with E-state index < -0.39 is 23.8 Å². The van der Waals surface area contributed by atoms with Gasteiger partial charge in [-0.2, -0.15) is 0 Å². The molecule has 32 heavy (non-hydrogen) atoms. The first-order valence-electron chi connectivity index (χ1n) is 11.7. The number of alkyl carbamates (subject to hydrolysis) is 1. The van der Waals surface area contributed by atoms with Crippen LogP contribution in [0.2, 0.25) is 0 Å². The van der Waals surface area contributed by atoms with Gasteiger partial charge in [0.15, 0.2) is 0 Å². The summed E-state index contributed by atoms with van der Waals surface area (Å²) in [4.78, 5) is 40.6. The van der Waals surface area contributed by atoms with Gasteiger partial charge in [0.25, 0.3) is 0 Å². The quantitative estimate of drug-likeness (QED) is 0.657. The first-order chi connectivity index (χ1) is 15.0. The van der Waals surface area contributed by atoms with Crippen molar-refractivity contribution in [2.75, 3.05) is 6.54 Å². The third kappa shape index (κ3) is 7.24. The molecule has 0 spiro atoms. The average molecular weight is 446 g/mol. The van der Waals surface area contributed by atoms with Crippen molar-refractivity contribution in [2.24, 2.45) is 0 Å². The molecular formula is C25H39N3O4. The number of hydrogen-bond donors (Lipinski definition) is 2. The van der Waals surface area contributed by atoms with E-state index >= 15 is 0 Å². The van der Waals surface area contributed by atoms with Crippen LogP contribution in [0, 0.1) is 6.92 Å². The SMILES string of the molecule is CCN(C(=O)C(C)NC(=O)OC(C)(C)C)C(C(=O)NC1CCCCC1)c1ccccc1C. The minimum atomic E-state index is -0.834. The first-order valence-corrected chi connectivity index (χ1v) is 11.7. The van der Waals surface area contributed by atoms with Crippen LogP contribution in [0.1, 0.15) is 83.9 Å². The van der Waals surface area contributed by atoms with Gasteiger partial charge in [0, 0.05) is 12.6 Å². The summed E-state index contributed by atoms with van der Waals surface area (Å²) in [6, 6.07) is 6.16. The van der Waals surface area contributed by atoms with E-state index in [4.69, 9.17) is 4.74 Å². The van der Waals surface area contributed by atoms with Gasteiger partial charge >= 0.3 is 6.09 Å². The predicted molar refractivity (Wildman–Crippen MR) is 125 cm³/mol. The molecule has 1 aliphatic rings. The molecule has 0 bridgehead atoms. The van der Waals surface area contributed by atoms with Crippen LogP contribution in [0.3, 0.4) is 0 Å². The highest BCUT2D eigenvalue weighted by Crippen LogP contribution is 2.26. The molecule has 1 aliphatic carbocycles. The van der Waals surface area contributed by atoms with Crippen LogP contribution in [-0.2, 0) is 14.3 Å². The van der Waals surface area contributed by atoms with Gasteiger partial charge < -0.3 is 20.3 Å². The van der Waals surface area contributed by atoms with Gasteiger partial charge in [-0.05, 0) is 65.5 Å². The molecular weight excluding hydrogens is 406 g/mol. The Hall–Kier alpha value is -2.57. The largest absolute Gasteiger partial charge is 0.444 e. The zero-order valence-corrected chi connectivity index (χ0v) is 20.4. The number of hydrogen-bond acceptors (Lipinski definition) is 4. The van der Waals surface area contributed by atoms with Gasteiger partial charge in [0.1, 0.15) is 17.7 Å². The number of carbonyl (C=O) groups excluding carboxylic acids is 3. The molecule has 1 saturated carbocycles. The number of nitrogens with zero attached hydrogens (tertiary/aromatic N) is 1. The van der Waals surface area contributed by atoms with Crippen LogP contribution in [0.15, 0.2) is 24.3 Å². The third-order valence-corrected chi connectivity index (χ3v) is 5.72. The van der Waals surface area contributed by atoms with Crippen molar-refractivity contribution in [3.05, 3.63) is 35.4 Å². The molecule has 0 heterocycles. The zero-order chi connectivity index (χ0) is 23.9. The van der Waals surface area contributed by atoms with Crippen LogP contribution < -0.4 is 10.6 Å². The lowest BCUT2D eigenvalue weighted by molar-refractivity contribution is -0.142. The summed E-state index contributed by atoms with van der Waals surface area (Å²) in [5.74, 6) is -0.503. The van der Waals surface area contributed by atoms with Gasteiger partial charge in [-0.15, -0.1) is 0 Å². The topological polar surface area (TPSA) is 87.7 Å². The van der Waals surface area contributed by atoms with Crippen LogP contribution in [0.5, 0.6) is 0 Å². The number of benzene rings is 1. The molecule has 2 atom stereocenters. The molecule has 7 nitrogen and oxygen atoms in total. The Morgan fingerprint density at radius 1 is 1.12 bits per heavy atom. The molecule has 0 aliphatic heterocycles. The Morgan fingerprint density at radius 3 is 2.31 bits per heavy atom. The first kappa shape index (κ1) is 25.7. The molecule has 3 amide bonds. The number of nitrogens with one attached hydrogen (secondary N) is 2. The minimum Gasteiger partial charge on any atom is -0.444 e. The minimum absolute atomic E-state index is 0.133. The summed E-state index contributed by atoms with van der Waals surface area (Å²) >= 11 is 0. The predicted octanol–water partition coefficient (Wildman–Crippen LogP) is 4.25. The van der Waals surface area contributed by atoms with Gasteiger partial charge in [-0.25, -0.2) is 4.79 Å². The molecule has 7 heteroatoms. The van der Waals surface area contributed by atoms with Crippen molar-refractivity contribution >= 4 is 17.9 Å². The van der Waals surface area contributed by atoms with E-state index in [1.54, 1.807) is 32.6 Å². The lowest BCUT2D eigenvalue weighted by atomic mass is 9.94. The van der Waals surface area contributed by atoms with E-state index in [0.29, 0.717) is 6.54 Å². The molecule has 178 valence electrons. The molecule has 2 rings (SSSR count). The molecule has 2 unspecified atom stereocenters. The van der Waals surface area contributed by atoms with Crippen molar-refractivity contribution < 1.29 is 19.1 Å². The number of aryl methyl sites for hydroxylation is 1. The summed E-state index contributed by atoms with van der Waals surface area (Å²) in [7, 11) is 0. The van der Waals surface area contributed by atoms with Crippen molar-refractivity contribution in [3.63, 3.8) is 0 Å². The third-order valence-electron chi connectivity index (χ3n) is 5.72. The van der Waals surface area contributed by atoms with Crippen molar-refractivity contribution in [1.82, 2.24) is 15.5 Å². The Labute approximate surface area is 192 Å². The average Bonchev–Trinajstić information content (AvgIpc) is 2.71. The van der Waals surface area contributed by atoms with Crippen LogP contribution in [-0.4, -0.2) is 47.0 Å². The Kier molecular flexibility index (Phi) is 9.10. The van der Waals surface area contributed by atoms with Crippen molar-refractivity contribution in [3.8, 4) is 0 Å². The van der Waals surface area contributed by atoms with E-state index in [-0.39, 0.29) is 17.9 Å². The maximum atomic E-state index is 13.5. The fourth-order valence-corrected chi connectivity index (χ4v) is 4.13. The molecule has 0 aromatic heterocycles. The monoisotopic (exact) mass is 445 g/mol. The van der Waals surface area contributed by atoms with E-state index in [0.717, 1.165) is 36.8 Å². The lowest BCUT2D eigenvalue weighted by Crippen LogP contribution is -2.53. The fraction of sp³-hybridized carbons (Fsp3) is 0.640. The Bertz CT molecular complexity index is 797. The van der Waals surface area contributed by atoms with Gasteiger partial charge in [-0.3, -0.25) is 9.59 Å². The van der Waals surface area contributed by atoms with Crippen molar-refractivity contribution in [1.29, 1.82) is 0 Å².